The number of hydrogen-bond acceptors (Lipinski definition) is 5. The average Bonchev–Trinajstić information content (AvgIpc) is 2.73. The molecule has 0 aromatic heterocycles. The van der Waals surface area contributed by atoms with Crippen LogP contribution in [0.3, 0.4) is 0 Å². The molecule has 1 aromatic rings. The highest BCUT2D eigenvalue weighted by molar-refractivity contribution is 5.98. The molecule has 29 heavy (non-hydrogen) atoms. The molecule has 1 N–H and O–H groups in total. The van der Waals surface area contributed by atoms with Crippen LogP contribution in [0.1, 0.15) is 31.2 Å². The Hall–Kier alpha value is -2.74. The van der Waals surface area contributed by atoms with Crippen molar-refractivity contribution in [3.8, 4) is 0 Å². The van der Waals surface area contributed by atoms with Crippen LogP contribution in [-0.4, -0.2) is 77.6 Å². The smallest absolute Gasteiger partial charge is 0.243 e. The lowest BCUT2D eigenvalue weighted by Gasteiger charge is -2.40. The first-order valence-corrected chi connectivity index (χ1v) is 10.1. The fourth-order valence-corrected chi connectivity index (χ4v) is 3.91. The van der Waals surface area contributed by atoms with Crippen molar-refractivity contribution < 1.29 is 19.2 Å². The second kappa shape index (κ2) is 9.65. The predicted molar refractivity (Wildman–Crippen MR) is 106 cm³/mol. The molecule has 2 aliphatic heterocycles. The highest BCUT2D eigenvalue weighted by atomic mass is 16.2. The molecule has 0 radical (unpaired) electrons. The quantitative estimate of drug-likeness (QED) is 0.697. The molecule has 0 spiro atoms. The monoisotopic (exact) mass is 400 g/mol. The molecule has 2 saturated heterocycles. The molecule has 1 atom stereocenters. The van der Waals surface area contributed by atoms with Crippen LogP contribution in [0.25, 0.3) is 0 Å². The second-order valence-electron chi connectivity index (χ2n) is 7.48. The molecule has 0 bridgehead atoms. The fourth-order valence-electron chi connectivity index (χ4n) is 3.91. The van der Waals surface area contributed by atoms with E-state index in [-0.39, 0.29) is 36.6 Å². The summed E-state index contributed by atoms with van der Waals surface area (Å²) in [7, 11) is 1.56. The van der Waals surface area contributed by atoms with Crippen molar-refractivity contribution in [2.24, 2.45) is 0 Å². The second-order valence-corrected chi connectivity index (χ2v) is 7.48. The molecule has 0 aliphatic carbocycles. The van der Waals surface area contributed by atoms with Crippen molar-refractivity contribution in [3.05, 3.63) is 35.9 Å². The Labute approximate surface area is 170 Å². The zero-order valence-corrected chi connectivity index (χ0v) is 16.8. The van der Waals surface area contributed by atoms with Crippen LogP contribution < -0.4 is 5.32 Å². The number of carbonyl (C=O) groups excluding carboxylic acids is 4. The fraction of sp³-hybridized carbons (Fsp3) is 0.524. The minimum atomic E-state index is -0.585. The maximum absolute atomic E-state index is 12.8. The molecule has 0 saturated carbocycles. The lowest BCUT2D eigenvalue weighted by Crippen LogP contribution is -2.60. The number of nitrogens with one attached hydrogen (secondary N) is 1. The van der Waals surface area contributed by atoms with Gasteiger partial charge in [0, 0.05) is 59.0 Å². The van der Waals surface area contributed by atoms with E-state index >= 15 is 0 Å². The normalized spacial score (nSPS) is 20.7. The van der Waals surface area contributed by atoms with Crippen molar-refractivity contribution in [1.29, 1.82) is 0 Å². The lowest BCUT2D eigenvalue weighted by atomic mass is 10.1. The van der Waals surface area contributed by atoms with Gasteiger partial charge in [0.1, 0.15) is 6.04 Å². The van der Waals surface area contributed by atoms with E-state index in [1.807, 2.05) is 30.3 Å². The van der Waals surface area contributed by atoms with Gasteiger partial charge in [-0.15, -0.1) is 0 Å². The summed E-state index contributed by atoms with van der Waals surface area (Å²) in [6.45, 7) is 2.34. The van der Waals surface area contributed by atoms with Gasteiger partial charge in [-0.3, -0.25) is 29.0 Å². The van der Waals surface area contributed by atoms with E-state index in [4.69, 9.17) is 0 Å². The summed E-state index contributed by atoms with van der Waals surface area (Å²) in [4.78, 5) is 54.1. The van der Waals surface area contributed by atoms with Gasteiger partial charge in [-0.25, -0.2) is 0 Å². The molecule has 1 aromatic carbocycles. The summed E-state index contributed by atoms with van der Waals surface area (Å²) < 4.78 is 0. The minimum absolute atomic E-state index is 0.0453. The highest BCUT2D eigenvalue weighted by Gasteiger charge is 2.35. The predicted octanol–water partition coefficient (Wildman–Crippen LogP) is 0.375. The van der Waals surface area contributed by atoms with Crippen molar-refractivity contribution in [1.82, 2.24) is 20.0 Å². The number of amides is 4. The highest BCUT2D eigenvalue weighted by Crippen LogP contribution is 2.17. The van der Waals surface area contributed by atoms with Crippen molar-refractivity contribution >= 4 is 23.6 Å². The Morgan fingerprint density at radius 2 is 1.76 bits per heavy atom. The Morgan fingerprint density at radius 3 is 2.41 bits per heavy atom. The Morgan fingerprint density at radius 1 is 1.07 bits per heavy atom. The number of carbonyl (C=O) groups is 4. The number of imide groups is 1. The summed E-state index contributed by atoms with van der Waals surface area (Å²) >= 11 is 0. The number of benzene rings is 1. The molecule has 8 heteroatoms. The van der Waals surface area contributed by atoms with E-state index in [1.54, 1.807) is 11.9 Å². The van der Waals surface area contributed by atoms with Gasteiger partial charge in [0.15, 0.2) is 0 Å². The van der Waals surface area contributed by atoms with Crippen LogP contribution in [0.15, 0.2) is 30.3 Å². The molecule has 2 fully saturated rings. The number of piperazine rings is 1. The molecular weight excluding hydrogens is 372 g/mol. The molecular formula is C21H28N4O4. The van der Waals surface area contributed by atoms with Crippen molar-refractivity contribution in [2.45, 2.75) is 38.3 Å². The van der Waals surface area contributed by atoms with E-state index in [1.165, 1.54) is 4.90 Å². The Balaban J connectivity index is 1.61. The first kappa shape index (κ1) is 21.0. The molecule has 156 valence electrons. The molecule has 8 nitrogen and oxygen atoms in total. The van der Waals surface area contributed by atoms with Crippen LogP contribution in [0, 0.1) is 0 Å². The molecule has 1 unspecified atom stereocenters. The van der Waals surface area contributed by atoms with E-state index in [2.05, 4.69) is 10.2 Å². The maximum atomic E-state index is 12.8. The van der Waals surface area contributed by atoms with Crippen LogP contribution in [-0.2, 0) is 25.7 Å². The standard InChI is InChI=1S/C21H28N4O4/c1-22-21(29)17-15-23(14-16-6-3-2-4-7-16)12-13-24(17)20(28)10-11-25-18(26)8-5-9-19(25)27/h2-4,6-7,17H,5,8-15H2,1H3,(H,22,29). The Bertz CT molecular complexity index is 751. The summed E-state index contributed by atoms with van der Waals surface area (Å²) in [5.74, 6) is -0.848. The molecule has 2 heterocycles. The summed E-state index contributed by atoms with van der Waals surface area (Å²) in [6, 6.07) is 9.42. The van der Waals surface area contributed by atoms with Gasteiger partial charge in [0.2, 0.25) is 23.6 Å². The number of rotatable bonds is 6. The van der Waals surface area contributed by atoms with Crippen LogP contribution in [0.5, 0.6) is 0 Å². The summed E-state index contributed by atoms with van der Waals surface area (Å²) in [5.41, 5.74) is 1.16. The maximum Gasteiger partial charge on any atom is 0.243 e. The minimum Gasteiger partial charge on any atom is -0.357 e. The van der Waals surface area contributed by atoms with Gasteiger partial charge in [-0.2, -0.15) is 0 Å². The molecule has 3 rings (SSSR count). The van der Waals surface area contributed by atoms with Gasteiger partial charge in [0.25, 0.3) is 0 Å². The molecule has 2 aliphatic rings. The largest absolute Gasteiger partial charge is 0.357 e. The van der Waals surface area contributed by atoms with Gasteiger partial charge in [-0.1, -0.05) is 30.3 Å². The first-order chi connectivity index (χ1) is 14.0. The van der Waals surface area contributed by atoms with E-state index in [0.29, 0.717) is 45.4 Å². The van der Waals surface area contributed by atoms with Gasteiger partial charge >= 0.3 is 0 Å². The van der Waals surface area contributed by atoms with E-state index in [9.17, 15) is 19.2 Å². The third-order valence-electron chi connectivity index (χ3n) is 5.52. The number of nitrogens with zero attached hydrogens (tertiary/aromatic N) is 3. The summed E-state index contributed by atoms with van der Waals surface area (Å²) in [6.07, 6.45) is 1.31. The van der Waals surface area contributed by atoms with Gasteiger partial charge < -0.3 is 10.2 Å². The van der Waals surface area contributed by atoms with E-state index < -0.39 is 6.04 Å². The third-order valence-corrected chi connectivity index (χ3v) is 5.52. The first-order valence-electron chi connectivity index (χ1n) is 10.1. The van der Waals surface area contributed by atoms with Crippen molar-refractivity contribution in [2.75, 3.05) is 33.2 Å². The van der Waals surface area contributed by atoms with E-state index in [0.717, 1.165) is 5.56 Å². The SMILES string of the molecule is CNC(=O)C1CN(Cc2ccccc2)CCN1C(=O)CCN1C(=O)CCCC1=O. The summed E-state index contributed by atoms with van der Waals surface area (Å²) in [5, 5.41) is 2.65. The zero-order valence-electron chi connectivity index (χ0n) is 16.8. The van der Waals surface area contributed by atoms with Crippen LogP contribution in [0.4, 0.5) is 0 Å². The number of likely N-dealkylation sites (tertiary alicyclic amines) is 1. The van der Waals surface area contributed by atoms with Crippen LogP contribution in [0.2, 0.25) is 0 Å². The zero-order chi connectivity index (χ0) is 20.8. The van der Waals surface area contributed by atoms with Crippen molar-refractivity contribution in [3.63, 3.8) is 0 Å². The molecule has 4 amide bonds. The average molecular weight is 400 g/mol. The topological polar surface area (TPSA) is 90.0 Å². The Kier molecular flexibility index (Phi) is 6.98. The number of piperidine rings is 1. The third kappa shape index (κ3) is 5.20. The number of hydrogen-bond donors (Lipinski definition) is 1. The number of likely N-dealkylation sites (N-methyl/N-ethyl adjacent to an activating group) is 1. The lowest BCUT2D eigenvalue weighted by molar-refractivity contribution is -0.150. The van der Waals surface area contributed by atoms with Crippen LogP contribution >= 0.6 is 0 Å². The van der Waals surface area contributed by atoms with Gasteiger partial charge in [-0.05, 0) is 12.0 Å². The van der Waals surface area contributed by atoms with Gasteiger partial charge in [0.05, 0.1) is 0 Å².